The van der Waals surface area contributed by atoms with E-state index in [-0.39, 0.29) is 42.0 Å². The van der Waals surface area contributed by atoms with Gasteiger partial charge in [-0.2, -0.15) is 0 Å². The summed E-state index contributed by atoms with van der Waals surface area (Å²) >= 11 is 0. The molecule has 31 heavy (non-hydrogen) atoms. The summed E-state index contributed by atoms with van der Waals surface area (Å²) < 4.78 is 0. The van der Waals surface area contributed by atoms with Crippen LogP contribution in [0.15, 0.2) is 24.3 Å². The highest BCUT2D eigenvalue weighted by Gasteiger charge is 2.49. The van der Waals surface area contributed by atoms with Gasteiger partial charge in [0.25, 0.3) is 0 Å². The van der Waals surface area contributed by atoms with E-state index in [9.17, 15) is 9.59 Å². The molecule has 0 unspecified atom stereocenters. The van der Waals surface area contributed by atoms with Crippen LogP contribution in [0.5, 0.6) is 0 Å². The summed E-state index contributed by atoms with van der Waals surface area (Å²) in [4.78, 5) is 27.7. The third-order valence-electron chi connectivity index (χ3n) is 7.02. The van der Waals surface area contributed by atoms with Crippen molar-refractivity contribution in [1.29, 1.82) is 0 Å². The lowest BCUT2D eigenvalue weighted by atomic mass is 9.67. The molecule has 3 N–H and O–H groups in total. The molecule has 6 nitrogen and oxygen atoms in total. The van der Waals surface area contributed by atoms with Gasteiger partial charge in [0, 0.05) is 30.9 Å². The van der Waals surface area contributed by atoms with Crippen LogP contribution in [-0.2, 0) is 9.59 Å². The Morgan fingerprint density at radius 2 is 1.65 bits per heavy atom. The molecule has 4 rings (SSSR count). The summed E-state index contributed by atoms with van der Waals surface area (Å²) in [7, 11) is 0. The van der Waals surface area contributed by atoms with Crippen molar-refractivity contribution in [3.05, 3.63) is 24.3 Å². The van der Waals surface area contributed by atoms with Crippen LogP contribution in [0.2, 0.25) is 0 Å². The van der Waals surface area contributed by atoms with Gasteiger partial charge in [0.15, 0.2) is 0 Å². The van der Waals surface area contributed by atoms with Crippen molar-refractivity contribution in [1.82, 2.24) is 10.2 Å². The molecule has 2 heterocycles. The first-order chi connectivity index (χ1) is 14.2. The fourth-order valence-corrected chi connectivity index (χ4v) is 5.25. The van der Waals surface area contributed by atoms with Crippen LogP contribution in [0, 0.1) is 11.3 Å². The van der Waals surface area contributed by atoms with Crippen molar-refractivity contribution in [2.45, 2.75) is 51.4 Å². The smallest absolute Gasteiger partial charge is 0.232 e. The number of nitrogens with zero attached hydrogens (tertiary/aromatic N) is 1. The number of hydrogen-bond donors (Lipinski definition) is 3. The minimum absolute atomic E-state index is 0. The maximum absolute atomic E-state index is 13.0. The van der Waals surface area contributed by atoms with Gasteiger partial charge in [-0.1, -0.05) is 19.3 Å². The Morgan fingerprint density at radius 1 is 0.968 bits per heavy atom. The average Bonchev–Trinajstić information content (AvgIpc) is 3.20. The largest absolute Gasteiger partial charge is 0.326 e. The third-order valence-corrected chi connectivity index (χ3v) is 7.02. The van der Waals surface area contributed by atoms with Crippen molar-refractivity contribution in [3.8, 4) is 0 Å². The molecule has 3 aliphatic rings. The summed E-state index contributed by atoms with van der Waals surface area (Å²) in [6, 6.07) is 7.51. The van der Waals surface area contributed by atoms with E-state index < -0.39 is 0 Å². The molecule has 2 atom stereocenters. The maximum Gasteiger partial charge on any atom is 0.232 e. The minimum Gasteiger partial charge on any atom is -0.326 e. The number of benzene rings is 1. The van der Waals surface area contributed by atoms with Crippen LogP contribution < -0.4 is 16.0 Å². The average molecular weight is 471 g/mol. The molecule has 3 fully saturated rings. The first-order valence-corrected chi connectivity index (χ1v) is 11.3. The van der Waals surface area contributed by atoms with Crippen LogP contribution in [0.4, 0.5) is 11.4 Å². The lowest BCUT2D eigenvalue weighted by Gasteiger charge is -2.37. The predicted octanol–water partition coefficient (Wildman–Crippen LogP) is 4.06. The van der Waals surface area contributed by atoms with Gasteiger partial charge in [0.05, 0.1) is 5.41 Å². The number of likely N-dealkylation sites (tertiary alicyclic amines) is 1. The maximum atomic E-state index is 13.0. The molecule has 2 saturated heterocycles. The summed E-state index contributed by atoms with van der Waals surface area (Å²) in [6.45, 7) is 4.79. The van der Waals surface area contributed by atoms with Gasteiger partial charge in [0.2, 0.25) is 11.8 Å². The highest BCUT2D eigenvalue weighted by molar-refractivity contribution is 5.96. The van der Waals surface area contributed by atoms with E-state index in [1.54, 1.807) is 0 Å². The molecule has 0 spiro atoms. The highest BCUT2D eigenvalue weighted by atomic mass is 35.5. The Balaban J connectivity index is 0.00000171. The summed E-state index contributed by atoms with van der Waals surface area (Å²) in [5, 5.41) is 9.52. The van der Waals surface area contributed by atoms with Gasteiger partial charge >= 0.3 is 0 Å². The van der Waals surface area contributed by atoms with Crippen molar-refractivity contribution < 1.29 is 9.59 Å². The molecule has 174 valence electrons. The number of amides is 2. The number of rotatable bonds is 6. The van der Waals surface area contributed by atoms with Crippen molar-refractivity contribution in [3.63, 3.8) is 0 Å². The van der Waals surface area contributed by atoms with Crippen LogP contribution in [-0.4, -0.2) is 49.4 Å². The fraction of sp³-hybridized carbons (Fsp3) is 0.652. The zero-order valence-electron chi connectivity index (χ0n) is 18.2. The van der Waals surface area contributed by atoms with Crippen LogP contribution >= 0.6 is 24.8 Å². The molecule has 8 heteroatoms. The zero-order valence-corrected chi connectivity index (χ0v) is 19.8. The molecule has 0 bridgehead atoms. The lowest BCUT2D eigenvalue weighted by molar-refractivity contribution is -0.128. The number of piperidine rings is 1. The van der Waals surface area contributed by atoms with Gasteiger partial charge < -0.3 is 20.9 Å². The zero-order chi connectivity index (χ0) is 20.1. The number of carbonyl (C=O) groups excluding carboxylic acids is 2. The molecule has 2 amide bonds. The monoisotopic (exact) mass is 470 g/mol. The van der Waals surface area contributed by atoms with Gasteiger partial charge in [-0.25, -0.2) is 0 Å². The number of fused-ring (bicyclic) bond motifs is 1. The van der Waals surface area contributed by atoms with Gasteiger partial charge in [-0.3, -0.25) is 9.59 Å². The van der Waals surface area contributed by atoms with Crippen molar-refractivity contribution >= 4 is 48.0 Å². The van der Waals surface area contributed by atoms with Crippen LogP contribution in [0.1, 0.15) is 51.4 Å². The third kappa shape index (κ3) is 6.35. The Morgan fingerprint density at radius 3 is 2.35 bits per heavy atom. The molecule has 0 radical (unpaired) electrons. The first kappa shape index (κ1) is 25.9. The Kier molecular flexibility index (Phi) is 10.1. The summed E-state index contributed by atoms with van der Waals surface area (Å²) in [6.07, 6.45) is 8.80. The normalized spacial score (nSPS) is 25.5. The lowest BCUT2D eigenvalue weighted by Crippen LogP contribution is -2.44. The quantitative estimate of drug-likeness (QED) is 0.585. The first-order valence-electron chi connectivity index (χ1n) is 11.3. The van der Waals surface area contributed by atoms with Gasteiger partial charge in [-0.05, 0) is 75.5 Å². The van der Waals surface area contributed by atoms with E-state index in [1.807, 2.05) is 24.3 Å². The highest BCUT2D eigenvalue weighted by Crippen LogP contribution is 2.44. The second-order valence-corrected chi connectivity index (χ2v) is 8.96. The molecule has 1 aromatic carbocycles. The van der Waals surface area contributed by atoms with E-state index >= 15 is 0 Å². The standard InChI is InChI=1S/C23H34N4O2.2ClH/c28-21(11-15-27-13-4-1-5-14-27)25-19-7-9-20(10-8-19)26-22(29)23-12-3-2-6-18(23)16-24-17-23;;/h7-10,18,24H,1-6,11-17H2,(H,25,28)(H,26,29);2*1H/t18-,23+;;/m0../s1. The minimum atomic E-state index is -0.250. The molecule has 1 aliphatic carbocycles. The number of anilines is 2. The van der Waals surface area contributed by atoms with E-state index in [0.717, 1.165) is 63.4 Å². The second kappa shape index (κ2) is 12.0. The van der Waals surface area contributed by atoms with E-state index in [1.165, 1.54) is 25.7 Å². The summed E-state index contributed by atoms with van der Waals surface area (Å²) in [5.41, 5.74) is 1.33. The molecular weight excluding hydrogens is 435 g/mol. The van der Waals surface area contributed by atoms with Crippen LogP contribution in [0.3, 0.4) is 0 Å². The number of hydrogen-bond acceptors (Lipinski definition) is 4. The Hall–Kier alpha value is -1.34. The fourth-order valence-electron chi connectivity index (χ4n) is 5.25. The number of nitrogens with one attached hydrogen (secondary N) is 3. The van der Waals surface area contributed by atoms with E-state index in [4.69, 9.17) is 0 Å². The number of carbonyl (C=O) groups is 2. The van der Waals surface area contributed by atoms with E-state index in [0.29, 0.717) is 12.3 Å². The van der Waals surface area contributed by atoms with Crippen molar-refractivity contribution in [2.75, 3.05) is 43.4 Å². The number of halogens is 2. The molecule has 0 aromatic heterocycles. The predicted molar refractivity (Wildman–Crippen MR) is 130 cm³/mol. The Labute approximate surface area is 198 Å². The van der Waals surface area contributed by atoms with Gasteiger partial charge in [-0.15, -0.1) is 24.8 Å². The molecule has 1 saturated carbocycles. The topological polar surface area (TPSA) is 73.5 Å². The van der Waals surface area contributed by atoms with Gasteiger partial charge in [0.1, 0.15) is 0 Å². The van der Waals surface area contributed by atoms with Crippen molar-refractivity contribution in [2.24, 2.45) is 11.3 Å². The molecule has 2 aliphatic heterocycles. The summed E-state index contributed by atoms with van der Waals surface area (Å²) in [5.74, 6) is 0.647. The molecule has 1 aromatic rings. The van der Waals surface area contributed by atoms with Crippen LogP contribution in [0.25, 0.3) is 0 Å². The Bertz CT molecular complexity index is 725. The second-order valence-electron chi connectivity index (χ2n) is 8.96. The molecular formula is C23H36Cl2N4O2. The SMILES string of the molecule is Cl.Cl.O=C(CCN1CCCCC1)Nc1ccc(NC(=O)[C@@]23CCCC[C@H]2CNC3)cc1. The van der Waals surface area contributed by atoms with E-state index in [2.05, 4.69) is 20.9 Å².